The van der Waals surface area contributed by atoms with Crippen LogP contribution in [0.2, 0.25) is 0 Å². The van der Waals surface area contributed by atoms with Crippen LogP contribution in [-0.4, -0.2) is 30.3 Å². The lowest BCUT2D eigenvalue weighted by molar-refractivity contribution is -0.129. The van der Waals surface area contributed by atoms with Gasteiger partial charge in [0.15, 0.2) is 11.9 Å². The van der Waals surface area contributed by atoms with Crippen molar-refractivity contribution in [1.29, 1.82) is 0 Å². The summed E-state index contributed by atoms with van der Waals surface area (Å²) in [7, 11) is 0. The molecule has 100 valence electrons. The molecule has 1 aliphatic heterocycles. The summed E-state index contributed by atoms with van der Waals surface area (Å²) in [6.45, 7) is 3.94. The van der Waals surface area contributed by atoms with Crippen LogP contribution in [0, 0.1) is 13.8 Å². The molecule has 0 aromatic heterocycles. The first-order chi connectivity index (χ1) is 8.99. The van der Waals surface area contributed by atoms with E-state index in [1.807, 2.05) is 32.0 Å². The predicted octanol–water partition coefficient (Wildman–Crippen LogP) is 0.0644. The van der Waals surface area contributed by atoms with Gasteiger partial charge in [0, 0.05) is 0 Å². The number of amides is 2. The molecule has 2 rings (SSSR count). The highest BCUT2D eigenvalue weighted by Gasteiger charge is 2.28. The molecule has 1 aromatic carbocycles. The second kappa shape index (κ2) is 5.19. The minimum absolute atomic E-state index is 0.0223. The van der Waals surface area contributed by atoms with Crippen LogP contribution in [0.25, 0.3) is 0 Å². The molecule has 3 N–H and O–H groups in total. The lowest BCUT2D eigenvalue weighted by Gasteiger charge is -2.18. The minimum Gasteiger partial charge on any atom is -0.485 e. The van der Waals surface area contributed by atoms with Crippen molar-refractivity contribution in [3.63, 3.8) is 0 Å². The monoisotopic (exact) mass is 261 g/mol. The van der Waals surface area contributed by atoms with Crippen LogP contribution in [-0.2, 0) is 9.59 Å². The second-order valence-electron chi connectivity index (χ2n) is 4.35. The summed E-state index contributed by atoms with van der Waals surface area (Å²) < 4.78 is 5.55. The maximum atomic E-state index is 11.4. The lowest BCUT2D eigenvalue weighted by Crippen LogP contribution is -2.53. The first-order valence-corrected chi connectivity index (χ1v) is 5.86. The molecule has 0 aliphatic carbocycles. The van der Waals surface area contributed by atoms with E-state index in [2.05, 4.69) is 10.3 Å². The molecule has 1 unspecified atom stereocenters. The molecular formula is C13H15N3O3. The summed E-state index contributed by atoms with van der Waals surface area (Å²) in [5, 5.41) is 2.44. The van der Waals surface area contributed by atoms with Gasteiger partial charge in [0.1, 0.15) is 12.4 Å². The molecule has 1 aliphatic rings. The number of aliphatic imine (C=N–C) groups is 1. The molecular weight excluding hydrogens is 246 g/mol. The Morgan fingerprint density at radius 2 is 2.11 bits per heavy atom. The van der Waals surface area contributed by atoms with Crippen molar-refractivity contribution in [2.45, 2.75) is 19.9 Å². The number of aryl methyl sites for hydroxylation is 1. The second-order valence-corrected chi connectivity index (χ2v) is 4.35. The summed E-state index contributed by atoms with van der Waals surface area (Å²) in [5.41, 5.74) is 7.44. The molecule has 0 radical (unpaired) electrons. The van der Waals surface area contributed by atoms with E-state index in [1.54, 1.807) is 0 Å². The van der Waals surface area contributed by atoms with Crippen molar-refractivity contribution in [3.05, 3.63) is 29.3 Å². The smallest absolute Gasteiger partial charge is 0.274 e. The van der Waals surface area contributed by atoms with E-state index in [0.717, 1.165) is 11.1 Å². The van der Waals surface area contributed by atoms with Crippen molar-refractivity contribution in [2.24, 2.45) is 10.7 Å². The third kappa shape index (κ3) is 2.79. The van der Waals surface area contributed by atoms with Crippen LogP contribution in [0.4, 0.5) is 0 Å². The Balaban J connectivity index is 2.07. The summed E-state index contributed by atoms with van der Waals surface area (Å²) in [4.78, 5) is 26.3. The minimum atomic E-state index is -1.22. The largest absolute Gasteiger partial charge is 0.485 e. The van der Waals surface area contributed by atoms with Gasteiger partial charge in [-0.2, -0.15) is 4.99 Å². The van der Waals surface area contributed by atoms with Crippen LogP contribution in [0.15, 0.2) is 23.2 Å². The molecule has 1 atom stereocenters. The molecule has 19 heavy (non-hydrogen) atoms. The Kier molecular flexibility index (Phi) is 3.62. The molecule has 0 fully saturated rings. The molecule has 0 saturated heterocycles. The quantitative estimate of drug-likeness (QED) is 0.752. The molecule has 2 amide bonds. The van der Waals surface area contributed by atoms with Crippen LogP contribution >= 0.6 is 0 Å². The van der Waals surface area contributed by atoms with Gasteiger partial charge in [-0.05, 0) is 31.0 Å². The molecule has 1 aromatic rings. The first-order valence-electron chi connectivity index (χ1n) is 5.86. The highest BCUT2D eigenvalue weighted by atomic mass is 16.5. The van der Waals surface area contributed by atoms with Gasteiger partial charge in [-0.15, -0.1) is 0 Å². The fourth-order valence-electron chi connectivity index (χ4n) is 1.66. The summed E-state index contributed by atoms with van der Waals surface area (Å²) in [5.74, 6) is -0.334. The standard InChI is InChI=1S/C13H15N3O3/c1-7-4-3-5-9(8(7)2)19-6-10-15-12(17)11(14)13(18)16-10/h3-5,11H,6,14H2,1-2H3,(H,15,16,17,18). The van der Waals surface area contributed by atoms with E-state index in [-0.39, 0.29) is 12.4 Å². The topological polar surface area (TPSA) is 93.8 Å². The van der Waals surface area contributed by atoms with Gasteiger partial charge in [-0.1, -0.05) is 12.1 Å². The number of benzene rings is 1. The molecule has 0 spiro atoms. The Labute approximate surface area is 110 Å². The van der Waals surface area contributed by atoms with Gasteiger partial charge >= 0.3 is 0 Å². The molecule has 0 bridgehead atoms. The molecule has 6 heteroatoms. The lowest BCUT2D eigenvalue weighted by atomic mass is 10.1. The van der Waals surface area contributed by atoms with Gasteiger partial charge in [0.2, 0.25) is 0 Å². The van der Waals surface area contributed by atoms with Gasteiger partial charge in [0.05, 0.1) is 0 Å². The first kappa shape index (κ1) is 13.2. The number of nitrogens with zero attached hydrogens (tertiary/aromatic N) is 1. The number of carbonyl (C=O) groups is 2. The van der Waals surface area contributed by atoms with Gasteiger partial charge in [0.25, 0.3) is 11.8 Å². The highest BCUT2D eigenvalue weighted by molar-refractivity contribution is 6.18. The number of carbonyl (C=O) groups excluding carboxylic acids is 2. The zero-order chi connectivity index (χ0) is 14.0. The number of amidine groups is 1. The third-order valence-electron chi connectivity index (χ3n) is 2.98. The number of ether oxygens (including phenoxy) is 1. The maximum absolute atomic E-state index is 11.4. The Morgan fingerprint density at radius 1 is 1.37 bits per heavy atom. The summed E-state index contributed by atoms with van der Waals surface area (Å²) in [6, 6.07) is 4.45. The van der Waals surface area contributed by atoms with Gasteiger partial charge in [-0.3, -0.25) is 9.59 Å². The van der Waals surface area contributed by atoms with E-state index < -0.39 is 17.9 Å². The maximum Gasteiger partial charge on any atom is 0.274 e. The van der Waals surface area contributed by atoms with E-state index >= 15 is 0 Å². The van der Waals surface area contributed by atoms with Gasteiger partial charge < -0.3 is 15.8 Å². The Hall–Kier alpha value is -2.21. The summed E-state index contributed by atoms with van der Waals surface area (Å²) in [6.07, 6.45) is 0. The number of nitrogens with one attached hydrogen (secondary N) is 1. The van der Waals surface area contributed by atoms with E-state index in [4.69, 9.17) is 10.5 Å². The van der Waals surface area contributed by atoms with Crippen LogP contribution < -0.4 is 15.8 Å². The normalized spacial score (nSPS) is 18.9. The van der Waals surface area contributed by atoms with Gasteiger partial charge in [-0.25, -0.2) is 0 Å². The van der Waals surface area contributed by atoms with Crippen molar-refractivity contribution in [2.75, 3.05) is 6.61 Å². The van der Waals surface area contributed by atoms with E-state index in [0.29, 0.717) is 5.75 Å². The van der Waals surface area contributed by atoms with Crippen molar-refractivity contribution in [1.82, 2.24) is 5.32 Å². The fourth-order valence-corrected chi connectivity index (χ4v) is 1.66. The average molecular weight is 261 g/mol. The number of nitrogens with two attached hydrogens (primary N) is 1. The number of hydrogen-bond acceptors (Lipinski definition) is 4. The SMILES string of the molecule is Cc1cccc(OCC2=NC(=O)C(N)C(=O)N2)c1C. The highest BCUT2D eigenvalue weighted by Crippen LogP contribution is 2.20. The van der Waals surface area contributed by atoms with Crippen LogP contribution in [0.1, 0.15) is 11.1 Å². The zero-order valence-corrected chi connectivity index (χ0v) is 10.8. The van der Waals surface area contributed by atoms with Crippen LogP contribution in [0.3, 0.4) is 0 Å². The average Bonchev–Trinajstić information content (AvgIpc) is 2.37. The van der Waals surface area contributed by atoms with E-state index in [1.165, 1.54) is 0 Å². The molecule has 6 nitrogen and oxygen atoms in total. The number of rotatable bonds is 3. The van der Waals surface area contributed by atoms with Crippen LogP contribution in [0.5, 0.6) is 5.75 Å². The summed E-state index contributed by atoms with van der Waals surface area (Å²) >= 11 is 0. The third-order valence-corrected chi connectivity index (χ3v) is 2.98. The molecule has 0 saturated carbocycles. The van der Waals surface area contributed by atoms with Crippen molar-refractivity contribution < 1.29 is 14.3 Å². The Bertz CT molecular complexity index is 566. The number of hydrogen-bond donors (Lipinski definition) is 2. The van der Waals surface area contributed by atoms with Crippen molar-refractivity contribution in [3.8, 4) is 5.75 Å². The van der Waals surface area contributed by atoms with E-state index in [9.17, 15) is 9.59 Å². The zero-order valence-electron chi connectivity index (χ0n) is 10.8. The Morgan fingerprint density at radius 3 is 2.79 bits per heavy atom. The fraction of sp³-hybridized carbons (Fsp3) is 0.308. The van der Waals surface area contributed by atoms with Crippen molar-refractivity contribution >= 4 is 17.6 Å². The molecule has 1 heterocycles. The predicted molar refractivity (Wildman–Crippen MR) is 70.0 cm³/mol.